The zero-order chi connectivity index (χ0) is 20.4. The number of carbonyl (C=O) groups is 3. The quantitative estimate of drug-likeness (QED) is 0.563. The Morgan fingerprint density at radius 1 is 0.828 bits per heavy atom. The summed E-state index contributed by atoms with van der Waals surface area (Å²) in [4.78, 5) is 38.1. The standard InChI is InChI=1S/C24H19NO4/c1-2-15-10-12-16(13-11-15)29-14-21(26)25-20-9-5-8-19-22(20)24(28)18-7-4-3-6-17(18)23(19)27/h3-13H,2,14H2,1H3,(H,25,26). The molecule has 0 fully saturated rings. The van der Waals surface area contributed by atoms with Crippen molar-refractivity contribution in [3.63, 3.8) is 0 Å². The second kappa shape index (κ2) is 7.72. The van der Waals surface area contributed by atoms with Crippen LogP contribution in [0, 0.1) is 0 Å². The normalized spacial score (nSPS) is 12.2. The Morgan fingerprint density at radius 3 is 2.17 bits per heavy atom. The molecule has 3 aromatic carbocycles. The summed E-state index contributed by atoms with van der Waals surface area (Å²) >= 11 is 0. The number of carbonyl (C=O) groups excluding carboxylic acids is 3. The molecule has 0 bridgehead atoms. The summed E-state index contributed by atoms with van der Waals surface area (Å²) in [5.74, 6) is -0.314. The largest absolute Gasteiger partial charge is 0.484 e. The van der Waals surface area contributed by atoms with Crippen molar-refractivity contribution < 1.29 is 19.1 Å². The van der Waals surface area contributed by atoms with Crippen LogP contribution in [0.4, 0.5) is 5.69 Å². The van der Waals surface area contributed by atoms with Crippen LogP contribution < -0.4 is 10.1 Å². The summed E-state index contributed by atoms with van der Waals surface area (Å²) in [5, 5.41) is 2.71. The van der Waals surface area contributed by atoms with Crippen LogP contribution in [0.25, 0.3) is 0 Å². The number of amides is 1. The van der Waals surface area contributed by atoms with Crippen LogP contribution in [0.3, 0.4) is 0 Å². The average Bonchev–Trinajstić information content (AvgIpc) is 2.76. The fourth-order valence-corrected chi connectivity index (χ4v) is 3.41. The van der Waals surface area contributed by atoms with E-state index in [9.17, 15) is 14.4 Å². The van der Waals surface area contributed by atoms with Gasteiger partial charge in [-0.15, -0.1) is 0 Å². The smallest absolute Gasteiger partial charge is 0.262 e. The van der Waals surface area contributed by atoms with Crippen molar-refractivity contribution >= 4 is 23.2 Å². The predicted molar refractivity (Wildman–Crippen MR) is 110 cm³/mol. The van der Waals surface area contributed by atoms with Crippen LogP contribution in [0.1, 0.15) is 44.3 Å². The summed E-state index contributed by atoms with van der Waals surface area (Å²) < 4.78 is 5.52. The summed E-state index contributed by atoms with van der Waals surface area (Å²) in [6, 6.07) is 19.1. The molecule has 1 aliphatic rings. The van der Waals surface area contributed by atoms with Crippen molar-refractivity contribution in [1.82, 2.24) is 0 Å². The van der Waals surface area contributed by atoms with E-state index in [1.807, 2.05) is 24.3 Å². The molecule has 1 aliphatic carbocycles. The molecule has 5 nitrogen and oxygen atoms in total. The van der Waals surface area contributed by atoms with Crippen LogP contribution in [-0.4, -0.2) is 24.1 Å². The van der Waals surface area contributed by atoms with Crippen LogP contribution in [0.15, 0.2) is 66.7 Å². The lowest BCUT2D eigenvalue weighted by atomic mass is 9.83. The lowest BCUT2D eigenvalue weighted by Crippen LogP contribution is -2.25. The third kappa shape index (κ3) is 3.55. The maximum Gasteiger partial charge on any atom is 0.262 e. The SMILES string of the molecule is CCc1ccc(OCC(=O)Nc2cccc3c2C(=O)c2ccccc2C3=O)cc1. The van der Waals surface area contributed by atoms with Gasteiger partial charge in [-0.05, 0) is 30.2 Å². The number of benzene rings is 3. The number of ether oxygens (including phenoxy) is 1. The Kier molecular flexibility index (Phi) is 4.96. The second-order valence-corrected chi connectivity index (χ2v) is 6.77. The number of ketones is 2. The molecule has 29 heavy (non-hydrogen) atoms. The van der Waals surface area contributed by atoms with Crippen molar-refractivity contribution in [1.29, 1.82) is 0 Å². The highest BCUT2D eigenvalue weighted by Gasteiger charge is 2.31. The molecular weight excluding hydrogens is 366 g/mol. The molecule has 0 heterocycles. The molecule has 1 N–H and O–H groups in total. The van der Waals surface area contributed by atoms with Gasteiger partial charge in [-0.25, -0.2) is 0 Å². The summed E-state index contributed by atoms with van der Waals surface area (Å²) in [6.45, 7) is 1.86. The number of hydrogen-bond acceptors (Lipinski definition) is 4. The van der Waals surface area contributed by atoms with Gasteiger partial charge in [0.2, 0.25) is 0 Å². The fraction of sp³-hybridized carbons (Fsp3) is 0.125. The van der Waals surface area contributed by atoms with E-state index in [0.717, 1.165) is 6.42 Å². The van der Waals surface area contributed by atoms with E-state index in [0.29, 0.717) is 28.1 Å². The first-order valence-corrected chi connectivity index (χ1v) is 9.41. The monoisotopic (exact) mass is 385 g/mol. The Bertz CT molecular complexity index is 1120. The van der Waals surface area contributed by atoms with E-state index >= 15 is 0 Å². The number of nitrogens with one attached hydrogen (secondary N) is 1. The van der Waals surface area contributed by atoms with Crippen LogP contribution in [0.5, 0.6) is 5.75 Å². The third-order valence-corrected chi connectivity index (χ3v) is 4.93. The van der Waals surface area contributed by atoms with Crippen molar-refractivity contribution in [3.8, 4) is 5.75 Å². The van der Waals surface area contributed by atoms with Gasteiger partial charge in [0.25, 0.3) is 5.91 Å². The Labute approximate surface area is 168 Å². The van der Waals surface area contributed by atoms with E-state index in [-0.39, 0.29) is 23.7 Å². The molecule has 0 spiro atoms. The van der Waals surface area contributed by atoms with Crippen LogP contribution >= 0.6 is 0 Å². The van der Waals surface area contributed by atoms with E-state index in [1.165, 1.54) is 5.56 Å². The number of fused-ring (bicyclic) bond motifs is 2. The van der Waals surface area contributed by atoms with Gasteiger partial charge >= 0.3 is 0 Å². The molecule has 1 amide bonds. The highest BCUT2D eigenvalue weighted by molar-refractivity contribution is 6.30. The first kappa shape index (κ1) is 18.6. The Hall–Kier alpha value is -3.73. The molecule has 0 unspecified atom stereocenters. The topological polar surface area (TPSA) is 72.5 Å². The molecule has 0 saturated carbocycles. The zero-order valence-electron chi connectivity index (χ0n) is 15.9. The zero-order valence-corrected chi connectivity index (χ0v) is 15.9. The Balaban J connectivity index is 1.53. The molecular formula is C24H19NO4. The van der Waals surface area contributed by atoms with Gasteiger partial charge in [-0.3, -0.25) is 14.4 Å². The minimum Gasteiger partial charge on any atom is -0.484 e. The van der Waals surface area contributed by atoms with Gasteiger partial charge in [0.15, 0.2) is 18.2 Å². The Morgan fingerprint density at radius 2 is 1.48 bits per heavy atom. The van der Waals surface area contributed by atoms with Gasteiger partial charge in [0.05, 0.1) is 11.3 Å². The van der Waals surface area contributed by atoms with Gasteiger partial charge < -0.3 is 10.1 Å². The van der Waals surface area contributed by atoms with Crippen LogP contribution in [-0.2, 0) is 11.2 Å². The van der Waals surface area contributed by atoms with Crippen molar-refractivity contribution in [2.75, 3.05) is 11.9 Å². The molecule has 144 valence electrons. The molecule has 4 rings (SSSR count). The van der Waals surface area contributed by atoms with E-state index < -0.39 is 5.91 Å². The number of anilines is 1. The average molecular weight is 385 g/mol. The summed E-state index contributed by atoms with van der Waals surface area (Å²) in [7, 11) is 0. The molecule has 0 saturated heterocycles. The first-order chi connectivity index (χ1) is 14.1. The summed E-state index contributed by atoms with van der Waals surface area (Å²) in [5.41, 5.74) is 2.73. The van der Waals surface area contributed by atoms with Crippen molar-refractivity contribution in [2.45, 2.75) is 13.3 Å². The van der Waals surface area contributed by atoms with Gasteiger partial charge in [-0.2, -0.15) is 0 Å². The molecule has 0 radical (unpaired) electrons. The van der Waals surface area contributed by atoms with Crippen molar-refractivity contribution in [2.24, 2.45) is 0 Å². The molecule has 0 aromatic heterocycles. The summed E-state index contributed by atoms with van der Waals surface area (Å²) in [6.07, 6.45) is 0.926. The molecule has 0 aliphatic heterocycles. The highest BCUT2D eigenvalue weighted by atomic mass is 16.5. The van der Waals surface area contributed by atoms with Gasteiger partial charge in [-0.1, -0.05) is 55.5 Å². The lowest BCUT2D eigenvalue weighted by molar-refractivity contribution is -0.118. The second-order valence-electron chi connectivity index (χ2n) is 6.77. The maximum atomic E-state index is 13.0. The molecule has 0 atom stereocenters. The minimum atomic E-state index is -0.405. The van der Waals surface area contributed by atoms with Gasteiger partial charge in [0, 0.05) is 16.7 Å². The number of aryl methyl sites for hydroxylation is 1. The first-order valence-electron chi connectivity index (χ1n) is 9.41. The van der Waals surface area contributed by atoms with Crippen molar-refractivity contribution in [3.05, 3.63) is 94.5 Å². The molecule has 3 aromatic rings. The minimum absolute atomic E-state index is 0.201. The third-order valence-electron chi connectivity index (χ3n) is 4.93. The highest BCUT2D eigenvalue weighted by Crippen LogP contribution is 2.31. The molecule has 5 heteroatoms. The van der Waals surface area contributed by atoms with Crippen LogP contribution in [0.2, 0.25) is 0 Å². The van der Waals surface area contributed by atoms with E-state index in [4.69, 9.17) is 4.74 Å². The number of hydrogen-bond donors (Lipinski definition) is 1. The van der Waals surface area contributed by atoms with Gasteiger partial charge in [0.1, 0.15) is 5.75 Å². The predicted octanol–water partition coefficient (Wildman–Crippen LogP) is 4.04. The van der Waals surface area contributed by atoms with E-state index in [1.54, 1.807) is 42.5 Å². The maximum absolute atomic E-state index is 13.0. The number of rotatable bonds is 5. The fourth-order valence-electron chi connectivity index (χ4n) is 3.41. The lowest BCUT2D eigenvalue weighted by Gasteiger charge is -2.20. The van der Waals surface area contributed by atoms with E-state index in [2.05, 4.69) is 12.2 Å².